The van der Waals surface area contributed by atoms with Gasteiger partial charge in [0.1, 0.15) is 5.82 Å². The third-order valence-corrected chi connectivity index (χ3v) is 3.97. The van der Waals surface area contributed by atoms with Gasteiger partial charge in [0, 0.05) is 10.6 Å². The van der Waals surface area contributed by atoms with Gasteiger partial charge in [-0.1, -0.05) is 19.9 Å². The maximum absolute atomic E-state index is 13.1. The van der Waals surface area contributed by atoms with E-state index in [1.807, 2.05) is 13.0 Å². The highest BCUT2D eigenvalue weighted by Crippen LogP contribution is 2.30. The smallest absolute Gasteiger partial charge is 0.123 e. The second kappa shape index (κ2) is 5.53. The molecule has 3 heteroatoms. The van der Waals surface area contributed by atoms with Crippen LogP contribution < -0.4 is 5.32 Å². The van der Waals surface area contributed by atoms with Crippen molar-refractivity contribution in [3.8, 4) is 0 Å². The minimum absolute atomic E-state index is 0.185. The SMILES string of the molecule is Cc1cc(F)ccc1NC(c1cccs1)C(C)C. The molecule has 0 aliphatic carbocycles. The quantitative estimate of drug-likeness (QED) is 0.818. The molecule has 0 aliphatic heterocycles. The maximum atomic E-state index is 13.1. The van der Waals surface area contributed by atoms with Crippen molar-refractivity contribution in [2.75, 3.05) is 5.32 Å². The lowest BCUT2D eigenvalue weighted by Crippen LogP contribution is -2.16. The summed E-state index contributed by atoms with van der Waals surface area (Å²) in [6.07, 6.45) is 0. The lowest BCUT2D eigenvalue weighted by atomic mass is 10.0. The Morgan fingerprint density at radius 1 is 1.22 bits per heavy atom. The number of benzene rings is 1. The molecule has 0 aliphatic rings. The van der Waals surface area contributed by atoms with Crippen LogP contribution in [0.25, 0.3) is 0 Å². The average molecular weight is 263 g/mol. The third kappa shape index (κ3) is 2.91. The van der Waals surface area contributed by atoms with Crippen LogP contribution in [0.5, 0.6) is 0 Å². The van der Waals surface area contributed by atoms with Crippen LogP contribution in [0.2, 0.25) is 0 Å². The first kappa shape index (κ1) is 13.1. The van der Waals surface area contributed by atoms with Gasteiger partial charge in [0.2, 0.25) is 0 Å². The molecule has 0 spiro atoms. The summed E-state index contributed by atoms with van der Waals surface area (Å²) >= 11 is 1.75. The Morgan fingerprint density at radius 2 is 2.00 bits per heavy atom. The second-order valence-corrected chi connectivity index (χ2v) is 5.82. The standard InChI is InChI=1S/C15H18FNS/c1-10(2)15(14-5-4-8-18-14)17-13-7-6-12(16)9-11(13)3/h4-10,15,17H,1-3H3. The first-order chi connectivity index (χ1) is 8.58. The van der Waals surface area contributed by atoms with E-state index in [0.717, 1.165) is 11.3 Å². The fourth-order valence-electron chi connectivity index (χ4n) is 1.99. The van der Waals surface area contributed by atoms with E-state index in [-0.39, 0.29) is 11.9 Å². The second-order valence-electron chi connectivity index (χ2n) is 4.84. The molecule has 1 unspecified atom stereocenters. The minimum atomic E-state index is -0.185. The van der Waals surface area contributed by atoms with Crippen molar-refractivity contribution in [2.24, 2.45) is 5.92 Å². The van der Waals surface area contributed by atoms with Gasteiger partial charge in [0.25, 0.3) is 0 Å². The molecule has 0 radical (unpaired) electrons. The topological polar surface area (TPSA) is 12.0 Å². The Labute approximate surface area is 112 Å². The summed E-state index contributed by atoms with van der Waals surface area (Å²) in [5, 5.41) is 5.61. The number of aryl methyl sites for hydroxylation is 1. The summed E-state index contributed by atoms with van der Waals surface area (Å²) in [7, 11) is 0. The zero-order valence-electron chi connectivity index (χ0n) is 10.9. The Kier molecular flexibility index (Phi) is 4.02. The Hall–Kier alpha value is -1.35. The van der Waals surface area contributed by atoms with Gasteiger partial charge < -0.3 is 5.32 Å². The van der Waals surface area contributed by atoms with Crippen LogP contribution in [0.15, 0.2) is 35.7 Å². The van der Waals surface area contributed by atoms with Gasteiger partial charge in [-0.15, -0.1) is 11.3 Å². The number of halogens is 1. The number of nitrogens with one attached hydrogen (secondary N) is 1. The van der Waals surface area contributed by atoms with E-state index in [2.05, 4.69) is 36.7 Å². The highest BCUT2D eigenvalue weighted by Gasteiger charge is 2.17. The summed E-state index contributed by atoms with van der Waals surface area (Å²) in [6, 6.07) is 9.35. The van der Waals surface area contributed by atoms with Crippen molar-refractivity contribution in [1.82, 2.24) is 0 Å². The Balaban J connectivity index is 2.24. The largest absolute Gasteiger partial charge is 0.377 e. The third-order valence-electron chi connectivity index (χ3n) is 3.02. The molecule has 1 atom stereocenters. The fraction of sp³-hybridized carbons (Fsp3) is 0.333. The number of hydrogen-bond acceptors (Lipinski definition) is 2. The van der Waals surface area contributed by atoms with Crippen molar-refractivity contribution in [1.29, 1.82) is 0 Å². The fourth-order valence-corrected chi connectivity index (χ4v) is 2.94. The van der Waals surface area contributed by atoms with E-state index < -0.39 is 0 Å². The molecule has 96 valence electrons. The van der Waals surface area contributed by atoms with Gasteiger partial charge in [-0.05, 0) is 48.1 Å². The molecule has 0 saturated carbocycles. The van der Waals surface area contributed by atoms with Crippen LogP contribution >= 0.6 is 11.3 Å². The molecule has 18 heavy (non-hydrogen) atoms. The van der Waals surface area contributed by atoms with Crippen molar-refractivity contribution in [3.63, 3.8) is 0 Å². The normalized spacial score (nSPS) is 12.7. The van der Waals surface area contributed by atoms with Gasteiger partial charge in [-0.25, -0.2) is 4.39 Å². The van der Waals surface area contributed by atoms with E-state index in [0.29, 0.717) is 5.92 Å². The van der Waals surface area contributed by atoms with Crippen molar-refractivity contribution in [3.05, 3.63) is 52.0 Å². The van der Waals surface area contributed by atoms with E-state index in [1.165, 1.54) is 10.9 Å². The molecule has 1 heterocycles. The van der Waals surface area contributed by atoms with Crippen LogP contribution in [-0.4, -0.2) is 0 Å². The number of anilines is 1. The lowest BCUT2D eigenvalue weighted by molar-refractivity contribution is 0.553. The zero-order chi connectivity index (χ0) is 13.1. The van der Waals surface area contributed by atoms with Crippen LogP contribution in [0.1, 0.15) is 30.3 Å². The summed E-state index contributed by atoms with van der Waals surface area (Å²) < 4.78 is 13.1. The summed E-state index contributed by atoms with van der Waals surface area (Å²) in [4.78, 5) is 1.31. The van der Waals surface area contributed by atoms with Gasteiger partial charge >= 0.3 is 0 Å². The molecule has 0 fully saturated rings. The average Bonchev–Trinajstić information content (AvgIpc) is 2.80. The monoisotopic (exact) mass is 263 g/mol. The van der Waals surface area contributed by atoms with Gasteiger partial charge in [0.15, 0.2) is 0 Å². The Morgan fingerprint density at radius 3 is 2.56 bits per heavy atom. The first-order valence-electron chi connectivity index (χ1n) is 6.14. The van der Waals surface area contributed by atoms with E-state index >= 15 is 0 Å². The summed E-state index contributed by atoms with van der Waals surface area (Å²) in [5.41, 5.74) is 1.95. The minimum Gasteiger partial charge on any atom is -0.377 e. The van der Waals surface area contributed by atoms with Crippen LogP contribution in [0.3, 0.4) is 0 Å². The van der Waals surface area contributed by atoms with E-state index in [9.17, 15) is 4.39 Å². The van der Waals surface area contributed by atoms with Crippen LogP contribution in [-0.2, 0) is 0 Å². The molecule has 1 aromatic heterocycles. The van der Waals surface area contributed by atoms with Crippen LogP contribution in [0, 0.1) is 18.7 Å². The molecule has 2 aromatic rings. The van der Waals surface area contributed by atoms with Crippen molar-refractivity contribution < 1.29 is 4.39 Å². The number of thiophene rings is 1. The first-order valence-corrected chi connectivity index (χ1v) is 7.02. The molecule has 1 nitrogen and oxygen atoms in total. The van der Waals surface area contributed by atoms with E-state index in [1.54, 1.807) is 17.4 Å². The molecule has 0 bridgehead atoms. The predicted molar refractivity (Wildman–Crippen MR) is 76.7 cm³/mol. The maximum Gasteiger partial charge on any atom is 0.123 e. The van der Waals surface area contributed by atoms with Crippen molar-refractivity contribution >= 4 is 17.0 Å². The van der Waals surface area contributed by atoms with E-state index in [4.69, 9.17) is 0 Å². The van der Waals surface area contributed by atoms with Crippen molar-refractivity contribution in [2.45, 2.75) is 26.8 Å². The molecule has 0 amide bonds. The highest BCUT2D eigenvalue weighted by molar-refractivity contribution is 7.10. The predicted octanol–water partition coefficient (Wildman–Crippen LogP) is 5.00. The van der Waals surface area contributed by atoms with Crippen LogP contribution in [0.4, 0.5) is 10.1 Å². The number of rotatable bonds is 4. The van der Waals surface area contributed by atoms with Gasteiger partial charge in [-0.2, -0.15) is 0 Å². The van der Waals surface area contributed by atoms with Gasteiger partial charge in [-0.3, -0.25) is 0 Å². The number of hydrogen-bond donors (Lipinski definition) is 1. The molecule has 1 N–H and O–H groups in total. The summed E-state index contributed by atoms with van der Waals surface area (Å²) in [6.45, 7) is 6.31. The molecular weight excluding hydrogens is 245 g/mol. The molecule has 1 aromatic carbocycles. The van der Waals surface area contributed by atoms with Gasteiger partial charge in [0.05, 0.1) is 6.04 Å². The summed E-state index contributed by atoms with van der Waals surface area (Å²) in [5.74, 6) is 0.295. The lowest BCUT2D eigenvalue weighted by Gasteiger charge is -2.23. The molecular formula is C15H18FNS. The molecule has 0 saturated heterocycles. The highest BCUT2D eigenvalue weighted by atomic mass is 32.1. The molecule has 2 rings (SSSR count). The Bertz CT molecular complexity index is 505. The zero-order valence-corrected chi connectivity index (χ0v) is 11.7.